The van der Waals surface area contributed by atoms with E-state index >= 15 is 0 Å². The van der Waals surface area contributed by atoms with Crippen LogP contribution in [-0.4, -0.2) is 45.8 Å². The van der Waals surface area contributed by atoms with Crippen molar-refractivity contribution >= 4 is 11.9 Å². The molecule has 1 aromatic heterocycles. The van der Waals surface area contributed by atoms with Gasteiger partial charge in [-0.2, -0.15) is 5.10 Å². The van der Waals surface area contributed by atoms with Crippen LogP contribution in [0.1, 0.15) is 47.9 Å². The zero-order valence-electron chi connectivity index (χ0n) is 15.9. The molecule has 144 valence electrons. The molecule has 6 nitrogen and oxygen atoms in total. The number of aryl methyl sites for hydroxylation is 1. The van der Waals surface area contributed by atoms with Crippen LogP contribution in [0.2, 0.25) is 0 Å². The Morgan fingerprint density at radius 3 is 2.59 bits per heavy atom. The smallest absolute Gasteiger partial charge is 0.342 e. The van der Waals surface area contributed by atoms with Crippen LogP contribution < -0.4 is 0 Å². The fourth-order valence-electron chi connectivity index (χ4n) is 3.52. The van der Waals surface area contributed by atoms with Gasteiger partial charge in [-0.05, 0) is 64.3 Å². The molecule has 0 saturated carbocycles. The zero-order valence-corrected chi connectivity index (χ0v) is 15.9. The van der Waals surface area contributed by atoms with Crippen LogP contribution in [0.5, 0.6) is 0 Å². The number of rotatable bonds is 4. The number of aromatic nitrogens is 2. The zero-order chi connectivity index (χ0) is 19.6. The molecule has 1 unspecified atom stereocenters. The third-order valence-electron chi connectivity index (χ3n) is 5.02. The van der Waals surface area contributed by atoms with Crippen LogP contribution in [0.25, 0.3) is 5.69 Å². The van der Waals surface area contributed by atoms with Gasteiger partial charge in [-0.15, -0.1) is 0 Å². The largest absolute Gasteiger partial charge is 0.452 e. The first kappa shape index (κ1) is 19.1. The Bertz CT molecular complexity index is 845. The standard InChI is InChI=1S/C20H24FN3O3/c1-13-6-4-5-11-23(13)18(25)12-27-20(26)19-14(2)22-24(15(19)3)17-9-7-16(21)8-10-17/h7-10,13H,4-6,11-12H2,1-3H3. The summed E-state index contributed by atoms with van der Waals surface area (Å²) in [4.78, 5) is 26.7. The summed E-state index contributed by atoms with van der Waals surface area (Å²) in [5, 5.41) is 4.36. The summed E-state index contributed by atoms with van der Waals surface area (Å²) in [5.74, 6) is -1.08. The molecule has 1 aliphatic heterocycles. The third kappa shape index (κ3) is 4.02. The number of benzene rings is 1. The van der Waals surface area contributed by atoms with Gasteiger partial charge in [0.15, 0.2) is 6.61 Å². The van der Waals surface area contributed by atoms with Gasteiger partial charge < -0.3 is 9.64 Å². The van der Waals surface area contributed by atoms with Gasteiger partial charge in [-0.25, -0.2) is 13.9 Å². The van der Waals surface area contributed by atoms with Crippen molar-refractivity contribution in [2.45, 2.75) is 46.1 Å². The summed E-state index contributed by atoms with van der Waals surface area (Å²) in [7, 11) is 0. The topological polar surface area (TPSA) is 64.4 Å². The summed E-state index contributed by atoms with van der Waals surface area (Å²) in [6.07, 6.45) is 3.07. The first-order valence-electron chi connectivity index (χ1n) is 9.17. The number of likely N-dealkylation sites (tertiary alicyclic amines) is 1. The quantitative estimate of drug-likeness (QED) is 0.772. The number of carbonyl (C=O) groups is 2. The summed E-state index contributed by atoms with van der Waals surface area (Å²) < 4.78 is 20.0. The van der Waals surface area contributed by atoms with Crippen molar-refractivity contribution in [3.8, 4) is 5.69 Å². The van der Waals surface area contributed by atoms with Crippen LogP contribution in [0.3, 0.4) is 0 Å². The van der Waals surface area contributed by atoms with Gasteiger partial charge in [0.1, 0.15) is 11.4 Å². The minimum absolute atomic E-state index is 0.170. The molecule has 1 aromatic carbocycles. The highest BCUT2D eigenvalue weighted by atomic mass is 19.1. The maximum Gasteiger partial charge on any atom is 0.342 e. The van der Waals surface area contributed by atoms with Crippen molar-refractivity contribution < 1.29 is 18.7 Å². The Hall–Kier alpha value is -2.70. The van der Waals surface area contributed by atoms with Crippen LogP contribution in [0.15, 0.2) is 24.3 Å². The molecule has 0 N–H and O–H groups in total. The number of ether oxygens (including phenoxy) is 1. The molecule has 0 spiro atoms. The Kier molecular flexibility index (Phi) is 5.58. The molecule has 1 aliphatic rings. The van der Waals surface area contributed by atoms with E-state index < -0.39 is 5.97 Å². The molecular formula is C20H24FN3O3. The van der Waals surface area contributed by atoms with Gasteiger partial charge in [0.2, 0.25) is 0 Å². The molecular weight excluding hydrogens is 349 g/mol. The summed E-state index contributed by atoms with van der Waals surface area (Å²) in [6, 6.07) is 6.02. The van der Waals surface area contributed by atoms with Crippen molar-refractivity contribution in [2.24, 2.45) is 0 Å². The number of esters is 1. The van der Waals surface area contributed by atoms with E-state index in [4.69, 9.17) is 4.74 Å². The van der Waals surface area contributed by atoms with E-state index in [1.54, 1.807) is 35.6 Å². The van der Waals surface area contributed by atoms with E-state index in [0.717, 1.165) is 19.3 Å². The highest BCUT2D eigenvalue weighted by molar-refractivity contribution is 5.93. The molecule has 1 amide bonds. The second-order valence-electron chi connectivity index (χ2n) is 6.94. The normalized spacial score (nSPS) is 17.0. The average Bonchev–Trinajstić information content (AvgIpc) is 2.95. The third-order valence-corrected chi connectivity index (χ3v) is 5.02. The molecule has 1 saturated heterocycles. The van der Waals surface area contributed by atoms with E-state index in [0.29, 0.717) is 29.2 Å². The van der Waals surface area contributed by atoms with Crippen molar-refractivity contribution in [1.82, 2.24) is 14.7 Å². The van der Waals surface area contributed by atoms with Crippen molar-refractivity contribution in [1.29, 1.82) is 0 Å². The SMILES string of the molecule is Cc1nn(-c2ccc(F)cc2)c(C)c1C(=O)OCC(=O)N1CCCCC1C. The highest BCUT2D eigenvalue weighted by Crippen LogP contribution is 2.20. The molecule has 0 radical (unpaired) electrons. The van der Waals surface area contributed by atoms with Gasteiger partial charge >= 0.3 is 5.97 Å². The first-order valence-corrected chi connectivity index (χ1v) is 9.17. The van der Waals surface area contributed by atoms with E-state index in [1.807, 2.05) is 6.92 Å². The number of halogens is 1. The summed E-state index contributed by atoms with van der Waals surface area (Å²) in [5.41, 5.74) is 2.07. The molecule has 2 aromatic rings. The van der Waals surface area contributed by atoms with Gasteiger partial charge in [0, 0.05) is 12.6 Å². The lowest BCUT2D eigenvalue weighted by molar-refractivity contribution is -0.137. The number of hydrogen-bond donors (Lipinski definition) is 0. The van der Waals surface area contributed by atoms with E-state index in [-0.39, 0.29) is 24.4 Å². The minimum Gasteiger partial charge on any atom is -0.452 e. The van der Waals surface area contributed by atoms with Gasteiger partial charge in [-0.3, -0.25) is 4.79 Å². The predicted molar refractivity (Wildman–Crippen MR) is 98.3 cm³/mol. The molecule has 7 heteroatoms. The monoisotopic (exact) mass is 373 g/mol. The Morgan fingerprint density at radius 2 is 1.93 bits per heavy atom. The van der Waals surface area contributed by atoms with E-state index in [1.165, 1.54) is 12.1 Å². The van der Waals surface area contributed by atoms with Gasteiger partial charge in [0.05, 0.1) is 17.1 Å². The molecule has 0 bridgehead atoms. The van der Waals surface area contributed by atoms with Gasteiger partial charge in [-0.1, -0.05) is 0 Å². The number of piperidine rings is 1. The van der Waals surface area contributed by atoms with Crippen LogP contribution in [0.4, 0.5) is 4.39 Å². The van der Waals surface area contributed by atoms with E-state index in [9.17, 15) is 14.0 Å². The lowest BCUT2D eigenvalue weighted by Gasteiger charge is -2.33. The number of nitrogens with zero attached hydrogens (tertiary/aromatic N) is 3. The number of amides is 1. The minimum atomic E-state index is -0.573. The van der Waals surface area contributed by atoms with Gasteiger partial charge in [0.25, 0.3) is 5.91 Å². The fourth-order valence-corrected chi connectivity index (χ4v) is 3.52. The molecule has 2 heterocycles. The summed E-state index contributed by atoms with van der Waals surface area (Å²) in [6.45, 7) is 5.90. The average molecular weight is 373 g/mol. The van der Waals surface area contributed by atoms with Crippen LogP contribution >= 0.6 is 0 Å². The highest BCUT2D eigenvalue weighted by Gasteiger charge is 2.26. The fraction of sp³-hybridized carbons (Fsp3) is 0.450. The second-order valence-corrected chi connectivity index (χ2v) is 6.94. The van der Waals surface area contributed by atoms with E-state index in [2.05, 4.69) is 5.10 Å². The predicted octanol–water partition coefficient (Wildman–Crippen LogP) is 3.19. The maximum absolute atomic E-state index is 13.1. The lowest BCUT2D eigenvalue weighted by atomic mass is 10.0. The van der Waals surface area contributed by atoms with Crippen LogP contribution in [-0.2, 0) is 9.53 Å². The van der Waals surface area contributed by atoms with Crippen molar-refractivity contribution in [3.63, 3.8) is 0 Å². The van der Waals surface area contributed by atoms with Crippen molar-refractivity contribution in [2.75, 3.05) is 13.2 Å². The summed E-state index contributed by atoms with van der Waals surface area (Å²) >= 11 is 0. The molecule has 1 fully saturated rings. The van der Waals surface area contributed by atoms with Crippen LogP contribution in [0, 0.1) is 19.7 Å². The number of carbonyl (C=O) groups excluding carboxylic acids is 2. The molecule has 0 aliphatic carbocycles. The Morgan fingerprint density at radius 1 is 1.22 bits per heavy atom. The number of hydrogen-bond acceptors (Lipinski definition) is 4. The lowest BCUT2D eigenvalue weighted by Crippen LogP contribution is -2.44. The van der Waals surface area contributed by atoms with Crippen molar-refractivity contribution in [3.05, 3.63) is 47.0 Å². The molecule has 1 atom stereocenters. The first-order chi connectivity index (χ1) is 12.9. The second kappa shape index (κ2) is 7.90. The Balaban J connectivity index is 1.71. The maximum atomic E-state index is 13.1. The molecule has 3 rings (SSSR count). The molecule has 27 heavy (non-hydrogen) atoms. The Labute approximate surface area is 157 Å².